The molecule has 0 radical (unpaired) electrons. The van der Waals surface area contributed by atoms with Gasteiger partial charge >= 0.3 is 0 Å². The number of nitro groups is 1. The zero-order valence-electron chi connectivity index (χ0n) is 13.5. The lowest BCUT2D eigenvalue weighted by atomic mass is 9.74. The number of rotatable bonds is 5. The first kappa shape index (κ1) is 17.6. The lowest BCUT2D eigenvalue weighted by Crippen LogP contribution is -2.40. The van der Waals surface area contributed by atoms with E-state index in [2.05, 4.69) is 5.32 Å². The maximum Gasteiger partial charge on any atom is 0.293 e. The van der Waals surface area contributed by atoms with Crippen molar-refractivity contribution in [3.8, 4) is 0 Å². The van der Waals surface area contributed by atoms with E-state index in [4.69, 9.17) is 16.3 Å². The van der Waals surface area contributed by atoms with Crippen LogP contribution in [0.2, 0.25) is 5.02 Å². The highest BCUT2D eigenvalue weighted by Crippen LogP contribution is 2.36. The minimum atomic E-state index is -0.456. The molecule has 0 bridgehead atoms. The first-order valence-corrected chi connectivity index (χ1v) is 8.40. The molecular formula is C18H18ClFN2O3. The summed E-state index contributed by atoms with van der Waals surface area (Å²) in [6.07, 6.45) is 1.51. The topological polar surface area (TPSA) is 64.4 Å². The zero-order chi connectivity index (χ0) is 17.9. The molecule has 0 saturated carbocycles. The summed E-state index contributed by atoms with van der Waals surface area (Å²) in [4.78, 5) is 10.8. The van der Waals surface area contributed by atoms with Crippen LogP contribution in [-0.4, -0.2) is 24.7 Å². The molecule has 1 aliphatic rings. The number of hydrogen-bond donors (Lipinski definition) is 1. The molecule has 0 aromatic heterocycles. The van der Waals surface area contributed by atoms with Crippen LogP contribution in [0.1, 0.15) is 18.4 Å². The second kappa shape index (κ2) is 7.37. The molecule has 5 nitrogen and oxygen atoms in total. The van der Waals surface area contributed by atoms with E-state index in [0.29, 0.717) is 30.5 Å². The average Bonchev–Trinajstić information content (AvgIpc) is 2.62. The van der Waals surface area contributed by atoms with Crippen LogP contribution in [0, 0.1) is 15.9 Å². The van der Waals surface area contributed by atoms with Gasteiger partial charge in [-0.2, -0.15) is 0 Å². The molecule has 1 aliphatic heterocycles. The summed E-state index contributed by atoms with van der Waals surface area (Å²) in [5.74, 6) is -0.285. The number of nitrogens with zero attached hydrogens (tertiary/aromatic N) is 1. The van der Waals surface area contributed by atoms with Crippen LogP contribution in [0.25, 0.3) is 0 Å². The number of halogens is 2. The van der Waals surface area contributed by atoms with Gasteiger partial charge in [0.1, 0.15) is 11.5 Å². The van der Waals surface area contributed by atoms with Crippen molar-refractivity contribution in [1.29, 1.82) is 0 Å². The first-order chi connectivity index (χ1) is 12.0. The minimum Gasteiger partial charge on any atom is -0.381 e. The number of benzene rings is 2. The van der Waals surface area contributed by atoms with E-state index in [1.165, 1.54) is 18.2 Å². The minimum absolute atomic E-state index is 0.0613. The molecule has 3 rings (SSSR count). The molecule has 7 heteroatoms. The maximum absolute atomic E-state index is 13.3. The van der Waals surface area contributed by atoms with Crippen LogP contribution < -0.4 is 5.32 Å². The SMILES string of the molecule is O=[N+]([O-])c1cc(Cl)ccc1NCC1(c2ccc(F)cc2)CCOCC1. The fourth-order valence-corrected chi connectivity index (χ4v) is 3.37. The van der Waals surface area contributed by atoms with Crippen molar-refractivity contribution in [3.63, 3.8) is 0 Å². The Morgan fingerprint density at radius 1 is 1.20 bits per heavy atom. The van der Waals surface area contributed by atoms with Gasteiger partial charge in [-0.1, -0.05) is 23.7 Å². The number of nitrogens with one attached hydrogen (secondary N) is 1. The van der Waals surface area contributed by atoms with Crippen molar-refractivity contribution in [2.45, 2.75) is 18.3 Å². The molecule has 1 saturated heterocycles. The van der Waals surface area contributed by atoms with E-state index in [9.17, 15) is 14.5 Å². The van der Waals surface area contributed by atoms with E-state index in [1.54, 1.807) is 24.3 Å². The van der Waals surface area contributed by atoms with E-state index in [-0.39, 0.29) is 16.9 Å². The number of anilines is 1. The highest BCUT2D eigenvalue weighted by Gasteiger charge is 2.35. The molecule has 0 amide bonds. The smallest absolute Gasteiger partial charge is 0.293 e. The molecule has 0 unspecified atom stereocenters. The Labute approximate surface area is 149 Å². The molecule has 2 aromatic rings. The summed E-state index contributed by atoms with van der Waals surface area (Å²) in [6.45, 7) is 1.69. The summed E-state index contributed by atoms with van der Waals surface area (Å²) in [7, 11) is 0. The van der Waals surface area contributed by atoms with E-state index in [1.807, 2.05) is 0 Å². The Hall–Kier alpha value is -2.18. The van der Waals surface area contributed by atoms with Crippen LogP contribution in [-0.2, 0) is 10.2 Å². The third kappa shape index (κ3) is 3.91. The summed E-state index contributed by atoms with van der Waals surface area (Å²) < 4.78 is 18.8. The molecule has 2 aromatic carbocycles. The number of nitro benzene ring substituents is 1. The van der Waals surface area contributed by atoms with Gasteiger partial charge in [0.25, 0.3) is 5.69 Å². The third-order valence-electron chi connectivity index (χ3n) is 4.68. The zero-order valence-corrected chi connectivity index (χ0v) is 14.3. The van der Waals surface area contributed by atoms with Crippen molar-refractivity contribution in [3.05, 3.63) is 69.0 Å². The molecule has 0 atom stereocenters. The molecule has 0 spiro atoms. The Balaban J connectivity index is 1.87. The molecular weight excluding hydrogens is 347 g/mol. The average molecular weight is 365 g/mol. The van der Waals surface area contributed by atoms with Crippen LogP contribution in [0.15, 0.2) is 42.5 Å². The fourth-order valence-electron chi connectivity index (χ4n) is 3.20. The highest BCUT2D eigenvalue weighted by atomic mass is 35.5. The normalized spacial score (nSPS) is 16.4. The van der Waals surface area contributed by atoms with Crippen molar-refractivity contribution < 1.29 is 14.1 Å². The van der Waals surface area contributed by atoms with Gasteiger partial charge in [-0.15, -0.1) is 0 Å². The molecule has 1 heterocycles. The van der Waals surface area contributed by atoms with Crippen molar-refractivity contribution in [1.82, 2.24) is 0 Å². The predicted molar refractivity (Wildman–Crippen MR) is 94.7 cm³/mol. The Kier molecular flexibility index (Phi) is 5.20. The van der Waals surface area contributed by atoms with Gasteiger partial charge in [-0.05, 0) is 42.7 Å². The van der Waals surface area contributed by atoms with Gasteiger partial charge in [0.2, 0.25) is 0 Å². The molecule has 0 aliphatic carbocycles. The van der Waals surface area contributed by atoms with Gasteiger partial charge in [0, 0.05) is 36.3 Å². The maximum atomic E-state index is 13.3. The van der Waals surface area contributed by atoms with Crippen molar-refractivity contribution >= 4 is 23.0 Å². The molecule has 1 fully saturated rings. The summed E-state index contributed by atoms with van der Waals surface area (Å²) in [5, 5.41) is 14.8. The van der Waals surface area contributed by atoms with Crippen molar-refractivity contribution in [2.75, 3.05) is 25.1 Å². The van der Waals surface area contributed by atoms with Crippen molar-refractivity contribution in [2.24, 2.45) is 0 Å². The van der Waals surface area contributed by atoms with Gasteiger partial charge in [0.15, 0.2) is 0 Å². The largest absolute Gasteiger partial charge is 0.381 e. The predicted octanol–water partition coefficient (Wildman–Crippen LogP) is 4.55. The lowest BCUT2D eigenvalue weighted by Gasteiger charge is -2.38. The van der Waals surface area contributed by atoms with Crippen LogP contribution in [0.3, 0.4) is 0 Å². The van der Waals surface area contributed by atoms with Gasteiger partial charge in [-0.3, -0.25) is 10.1 Å². The second-order valence-corrected chi connectivity index (χ2v) is 6.61. The first-order valence-electron chi connectivity index (χ1n) is 8.02. The molecule has 25 heavy (non-hydrogen) atoms. The van der Waals surface area contributed by atoms with E-state index in [0.717, 1.165) is 18.4 Å². The Bertz CT molecular complexity index is 761. The van der Waals surface area contributed by atoms with E-state index < -0.39 is 4.92 Å². The standard InChI is InChI=1S/C18H18ClFN2O3/c19-14-3-6-16(17(11-14)22(23)24)21-12-18(7-9-25-10-8-18)13-1-4-15(20)5-2-13/h1-6,11,21H,7-10,12H2. The van der Waals surface area contributed by atoms with E-state index >= 15 is 0 Å². The molecule has 1 N–H and O–H groups in total. The molecule has 132 valence electrons. The highest BCUT2D eigenvalue weighted by molar-refractivity contribution is 6.30. The quantitative estimate of drug-likeness (QED) is 0.624. The fraction of sp³-hybridized carbons (Fsp3) is 0.333. The van der Waals surface area contributed by atoms with Crippen LogP contribution >= 0.6 is 11.6 Å². The third-order valence-corrected chi connectivity index (χ3v) is 4.92. The number of ether oxygens (including phenoxy) is 1. The lowest BCUT2D eigenvalue weighted by molar-refractivity contribution is -0.383. The monoisotopic (exact) mass is 364 g/mol. The van der Waals surface area contributed by atoms with Crippen LogP contribution in [0.4, 0.5) is 15.8 Å². The van der Waals surface area contributed by atoms with Gasteiger partial charge in [0.05, 0.1) is 4.92 Å². The second-order valence-electron chi connectivity index (χ2n) is 6.17. The summed E-state index contributed by atoms with van der Waals surface area (Å²) in [6, 6.07) is 11.0. The summed E-state index contributed by atoms with van der Waals surface area (Å²) in [5.41, 5.74) is 1.09. The van der Waals surface area contributed by atoms with Gasteiger partial charge < -0.3 is 10.1 Å². The van der Waals surface area contributed by atoms with Gasteiger partial charge in [-0.25, -0.2) is 4.39 Å². The Morgan fingerprint density at radius 2 is 1.88 bits per heavy atom. The number of hydrogen-bond acceptors (Lipinski definition) is 4. The van der Waals surface area contributed by atoms with Crippen LogP contribution in [0.5, 0.6) is 0 Å². The Morgan fingerprint density at radius 3 is 2.52 bits per heavy atom. The summed E-state index contributed by atoms with van der Waals surface area (Å²) >= 11 is 5.86.